The molecule has 0 aromatic heterocycles. The van der Waals surface area contributed by atoms with Gasteiger partial charge in [0.05, 0.1) is 0 Å². The van der Waals surface area contributed by atoms with Crippen molar-refractivity contribution in [3.63, 3.8) is 0 Å². The van der Waals surface area contributed by atoms with Crippen LogP contribution in [0.5, 0.6) is 5.75 Å². The molecule has 2 amide bonds. The molecular formula is C21H23ClN2O3. The van der Waals surface area contributed by atoms with Gasteiger partial charge in [0, 0.05) is 29.6 Å². The van der Waals surface area contributed by atoms with Crippen molar-refractivity contribution < 1.29 is 14.3 Å². The highest BCUT2D eigenvalue weighted by molar-refractivity contribution is 6.30. The van der Waals surface area contributed by atoms with Crippen molar-refractivity contribution in [2.45, 2.75) is 45.4 Å². The van der Waals surface area contributed by atoms with Gasteiger partial charge in [-0.1, -0.05) is 30.7 Å². The summed E-state index contributed by atoms with van der Waals surface area (Å²) in [5, 5.41) is 6.45. The summed E-state index contributed by atoms with van der Waals surface area (Å²) in [7, 11) is 0. The largest absolute Gasteiger partial charge is 0.480 e. The second kappa shape index (κ2) is 8.44. The number of nitrogens with one attached hydrogen (secondary N) is 2. The Balaban J connectivity index is 1.57. The number of hydrogen-bond acceptors (Lipinski definition) is 3. The van der Waals surface area contributed by atoms with Gasteiger partial charge in [0.1, 0.15) is 5.75 Å². The number of carbonyl (C=O) groups is 2. The van der Waals surface area contributed by atoms with E-state index in [0.29, 0.717) is 29.3 Å². The summed E-state index contributed by atoms with van der Waals surface area (Å²) in [6.45, 7) is 4.32. The van der Waals surface area contributed by atoms with Crippen LogP contribution in [0.4, 0.5) is 0 Å². The molecule has 0 spiro atoms. The van der Waals surface area contributed by atoms with E-state index in [1.807, 2.05) is 32.0 Å². The fourth-order valence-electron chi connectivity index (χ4n) is 2.90. The normalized spacial score (nSPS) is 16.2. The van der Waals surface area contributed by atoms with E-state index >= 15 is 0 Å². The highest BCUT2D eigenvalue weighted by Crippen LogP contribution is 2.31. The Labute approximate surface area is 164 Å². The van der Waals surface area contributed by atoms with E-state index in [0.717, 1.165) is 17.5 Å². The van der Waals surface area contributed by atoms with Gasteiger partial charge in [-0.15, -0.1) is 0 Å². The van der Waals surface area contributed by atoms with Crippen LogP contribution in [0.1, 0.15) is 41.8 Å². The lowest BCUT2D eigenvalue weighted by atomic mass is 10.1. The third-order valence-electron chi connectivity index (χ3n) is 4.64. The second-order valence-corrected chi connectivity index (χ2v) is 7.20. The van der Waals surface area contributed by atoms with Gasteiger partial charge in [-0.2, -0.15) is 0 Å². The number of carbonyl (C=O) groups excluding carboxylic acids is 2. The maximum atomic E-state index is 12.4. The van der Waals surface area contributed by atoms with Gasteiger partial charge in [-0.05, 0) is 54.8 Å². The van der Waals surface area contributed by atoms with Crippen molar-refractivity contribution in [3.8, 4) is 5.75 Å². The Bertz CT molecular complexity index is 853. The summed E-state index contributed by atoms with van der Waals surface area (Å²) in [4.78, 5) is 24.7. The number of hydrogen-bond donors (Lipinski definition) is 2. The zero-order valence-corrected chi connectivity index (χ0v) is 16.2. The molecule has 1 aliphatic heterocycles. The standard InChI is InChI=1S/C21H23ClN2O3/c1-3-13(2)24-20(25)15-6-4-5-14(9-15)12-23-21(26)19-11-16-10-17(22)7-8-18(16)27-19/h4-10,13,19H,3,11-12H2,1-2H3,(H,23,26)(H,24,25)/t13-,19-/m1/s1. The molecule has 1 aliphatic rings. The van der Waals surface area contributed by atoms with Crippen LogP contribution in [0.2, 0.25) is 5.02 Å². The third kappa shape index (κ3) is 4.80. The number of rotatable bonds is 6. The number of ether oxygens (including phenoxy) is 1. The summed E-state index contributed by atoms with van der Waals surface area (Å²) in [5.41, 5.74) is 2.38. The molecule has 3 rings (SSSR count). The molecule has 6 heteroatoms. The fraction of sp³-hybridized carbons (Fsp3) is 0.333. The lowest BCUT2D eigenvalue weighted by Gasteiger charge is -2.13. The average Bonchev–Trinajstić information content (AvgIpc) is 3.09. The van der Waals surface area contributed by atoms with Crippen LogP contribution < -0.4 is 15.4 Å². The predicted octanol–water partition coefficient (Wildman–Crippen LogP) is 3.49. The molecule has 0 fully saturated rings. The van der Waals surface area contributed by atoms with Gasteiger partial charge in [0.25, 0.3) is 11.8 Å². The minimum absolute atomic E-state index is 0.107. The van der Waals surface area contributed by atoms with E-state index in [9.17, 15) is 9.59 Å². The van der Waals surface area contributed by atoms with E-state index in [1.54, 1.807) is 24.3 Å². The monoisotopic (exact) mass is 386 g/mol. The van der Waals surface area contributed by atoms with Gasteiger partial charge in [0.15, 0.2) is 6.10 Å². The van der Waals surface area contributed by atoms with Crippen LogP contribution in [0.15, 0.2) is 42.5 Å². The van der Waals surface area contributed by atoms with Crippen LogP contribution in [-0.2, 0) is 17.8 Å². The Hall–Kier alpha value is -2.53. The summed E-state index contributed by atoms with van der Waals surface area (Å²) in [5.74, 6) is 0.407. The molecule has 0 aliphatic carbocycles. The highest BCUT2D eigenvalue weighted by Gasteiger charge is 2.29. The zero-order chi connectivity index (χ0) is 19.4. The molecule has 0 bridgehead atoms. The summed E-state index contributed by atoms with van der Waals surface area (Å²) >= 11 is 5.98. The molecule has 142 valence electrons. The van der Waals surface area contributed by atoms with Crippen molar-refractivity contribution in [2.24, 2.45) is 0 Å². The van der Waals surface area contributed by atoms with Gasteiger partial charge in [-0.25, -0.2) is 0 Å². The summed E-state index contributed by atoms with van der Waals surface area (Å²) < 4.78 is 5.70. The molecule has 2 aromatic carbocycles. The highest BCUT2D eigenvalue weighted by atomic mass is 35.5. The lowest BCUT2D eigenvalue weighted by Crippen LogP contribution is -2.37. The molecular weight excluding hydrogens is 364 g/mol. The SMILES string of the molecule is CC[C@@H](C)NC(=O)c1cccc(CNC(=O)[C@H]2Cc3cc(Cl)ccc3O2)c1. The lowest BCUT2D eigenvalue weighted by molar-refractivity contribution is -0.127. The van der Waals surface area contributed by atoms with Crippen molar-refractivity contribution >= 4 is 23.4 Å². The molecule has 0 saturated heterocycles. The zero-order valence-electron chi connectivity index (χ0n) is 15.4. The molecule has 1 heterocycles. The first-order valence-electron chi connectivity index (χ1n) is 9.09. The number of halogens is 1. The Morgan fingerprint density at radius 3 is 2.85 bits per heavy atom. The maximum absolute atomic E-state index is 12.4. The molecule has 2 N–H and O–H groups in total. The molecule has 27 heavy (non-hydrogen) atoms. The van der Waals surface area contributed by atoms with E-state index in [1.165, 1.54) is 0 Å². The quantitative estimate of drug-likeness (QED) is 0.798. The van der Waals surface area contributed by atoms with Gasteiger partial charge in [0.2, 0.25) is 0 Å². The van der Waals surface area contributed by atoms with Crippen molar-refractivity contribution in [2.75, 3.05) is 0 Å². The first kappa shape index (κ1) is 19.2. The molecule has 0 radical (unpaired) electrons. The number of amides is 2. The average molecular weight is 387 g/mol. The topological polar surface area (TPSA) is 67.4 Å². The minimum Gasteiger partial charge on any atom is -0.480 e. The van der Waals surface area contributed by atoms with Gasteiger partial charge >= 0.3 is 0 Å². The number of benzene rings is 2. The van der Waals surface area contributed by atoms with E-state index in [2.05, 4.69) is 10.6 Å². The van der Waals surface area contributed by atoms with E-state index in [-0.39, 0.29) is 17.9 Å². The van der Waals surface area contributed by atoms with Gasteiger partial charge < -0.3 is 15.4 Å². The van der Waals surface area contributed by atoms with Crippen molar-refractivity contribution in [1.29, 1.82) is 0 Å². The fourth-order valence-corrected chi connectivity index (χ4v) is 3.09. The summed E-state index contributed by atoms with van der Waals surface area (Å²) in [6.07, 6.45) is 0.811. The van der Waals surface area contributed by atoms with E-state index < -0.39 is 6.10 Å². The Kier molecular flexibility index (Phi) is 6.01. The van der Waals surface area contributed by atoms with Crippen molar-refractivity contribution in [1.82, 2.24) is 10.6 Å². The predicted molar refractivity (Wildman–Crippen MR) is 105 cm³/mol. The van der Waals surface area contributed by atoms with E-state index in [4.69, 9.17) is 16.3 Å². The van der Waals surface area contributed by atoms with Gasteiger partial charge in [-0.3, -0.25) is 9.59 Å². The maximum Gasteiger partial charge on any atom is 0.261 e. The van der Waals surface area contributed by atoms with Crippen LogP contribution in [0.3, 0.4) is 0 Å². The Morgan fingerprint density at radius 2 is 2.07 bits per heavy atom. The minimum atomic E-state index is -0.560. The molecule has 5 nitrogen and oxygen atoms in total. The second-order valence-electron chi connectivity index (χ2n) is 6.76. The smallest absolute Gasteiger partial charge is 0.261 e. The third-order valence-corrected chi connectivity index (χ3v) is 4.87. The Morgan fingerprint density at radius 1 is 1.26 bits per heavy atom. The number of fused-ring (bicyclic) bond motifs is 1. The van der Waals surface area contributed by atoms with Crippen LogP contribution in [0.25, 0.3) is 0 Å². The first-order chi connectivity index (χ1) is 13.0. The van der Waals surface area contributed by atoms with Crippen LogP contribution >= 0.6 is 11.6 Å². The molecule has 0 unspecified atom stereocenters. The molecule has 0 saturated carbocycles. The summed E-state index contributed by atoms with van der Waals surface area (Å²) in [6, 6.07) is 12.7. The van der Waals surface area contributed by atoms with Crippen molar-refractivity contribution in [3.05, 3.63) is 64.2 Å². The molecule has 2 aromatic rings. The van der Waals surface area contributed by atoms with Crippen LogP contribution in [0, 0.1) is 0 Å². The first-order valence-corrected chi connectivity index (χ1v) is 9.46. The molecule has 2 atom stereocenters. The van der Waals surface area contributed by atoms with Crippen LogP contribution in [-0.4, -0.2) is 24.0 Å².